The Bertz CT molecular complexity index is 610. The minimum atomic E-state index is -0.508. The first-order valence-electron chi connectivity index (χ1n) is 7.35. The molecular weight excluding hydrogens is 384 g/mol. The topological polar surface area (TPSA) is 58.6 Å². The zero-order valence-corrected chi connectivity index (χ0v) is 15.7. The number of ether oxygens (including phenoxy) is 1. The number of benzene rings is 1. The molecule has 1 N–H and O–H groups in total. The molecule has 0 radical (unpaired) electrons. The Morgan fingerprint density at radius 1 is 1.39 bits per heavy atom. The van der Waals surface area contributed by atoms with Crippen molar-refractivity contribution in [3.8, 4) is 0 Å². The molecule has 1 aliphatic rings. The lowest BCUT2D eigenvalue weighted by molar-refractivity contribution is -0.122. The van der Waals surface area contributed by atoms with Crippen molar-refractivity contribution >= 4 is 39.5 Å². The molecule has 1 aromatic carbocycles. The van der Waals surface area contributed by atoms with Gasteiger partial charge in [-0.15, -0.1) is 0 Å². The van der Waals surface area contributed by atoms with Gasteiger partial charge >= 0.3 is 6.09 Å². The highest BCUT2D eigenvalue weighted by molar-refractivity contribution is 9.10. The molecule has 23 heavy (non-hydrogen) atoms. The second-order valence-electron chi connectivity index (χ2n) is 6.58. The SMILES string of the molecule is CC(C)(C)OC(=O)N1CC(NC(=O)Cc2ccc(Br)c(Cl)c2)C1. The second kappa shape index (κ2) is 7.09. The molecule has 1 saturated heterocycles. The molecule has 0 atom stereocenters. The van der Waals surface area contributed by atoms with E-state index in [0.29, 0.717) is 18.1 Å². The number of amides is 2. The van der Waals surface area contributed by atoms with Gasteiger partial charge in [-0.2, -0.15) is 0 Å². The zero-order valence-electron chi connectivity index (χ0n) is 13.4. The van der Waals surface area contributed by atoms with Crippen molar-refractivity contribution < 1.29 is 14.3 Å². The number of hydrogen-bond acceptors (Lipinski definition) is 3. The first-order chi connectivity index (χ1) is 10.6. The fourth-order valence-electron chi connectivity index (χ4n) is 2.16. The molecule has 1 aromatic rings. The number of nitrogens with one attached hydrogen (secondary N) is 1. The fourth-order valence-corrected chi connectivity index (χ4v) is 2.61. The Kier molecular flexibility index (Phi) is 5.57. The summed E-state index contributed by atoms with van der Waals surface area (Å²) in [7, 11) is 0. The van der Waals surface area contributed by atoms with Gasteiger partial charge < -0.3 is 15.0 Å². The third-order valence-corrected chi connectivity index (χ3v) is 4.48. The van der Waals surface area contributed by atoms with E-state index in [9.17, 15) is 9.59 Å². The van der Waals surface area contributed by atoms with Crippen molar-refractivity contribution in [1.82, 2.24) is 10.2 Å². The predicted octanol–water partition coefficient (Wildman–Crippen LogP) is 3.38. The summed E-state index contributed by atoms with van der Waals surface area (Å²) in [6, 6.07) is 5.40. The van der Waals surface area contributed by atoms with Gasteiger partial charge in [0.25, 0.3) is 0 Å². The number of nitrogens with zero attached hydrogens (tertiary/aromatic N) is 1. The number of carbonyl (C=O) groups excluding carboxylic acids is 2. The molecule has 0 aromatic heterocycles. The quantitative estimate of drug-likeness (QED) is 0.842. The van der Waals surface area contributed by atoms with E-state index < -0.39 is 5.60 Å². The molecule has 0 spiro atoms. The summed E-state index contributed by atoms with van der Waals surface area (Å²) in [5.41, 5.74) is 0.339. The van der Waals surface area contributed by atoms with Gasteiger partial charge in [-0.05, 0) is 54.4 Å². The lowest BCUT2D eigenvalue weighted by Crippen LogP contribution is -2.61. The minimum Gasteiger partial charge on any atom is -0.444 e. The maximum atomic E-state index is 12.0. The summed E-state index contributed by atoms with van der Waals surface area (Å²) in [6.45, 7) is 6.43. The van der Waals surface area contributed by atoms with Gasteiger partial charge in [-0.1, -0.05) is 17.7 Å². The van der Waals surface area contributed by atoms with Crippen LogP contribution in [0.25, 0.3) is 0 Å². The van der Waals surface area contributed by atoms with E-state index in [1.807, 2.05) is 32.9 Å². The summed E-state index contributed by atoms with van der Waals surface area (Å²) in [6.07, 6.45) is -0.0849. The largest absolute Gasteiger partial charge is 0.444 e. The van der Waals surface area contributed by atoms with Gasteiger partial charge in [0.1, 0.15) is 5.60 Å². The van der Waals surface area contributed by atoms with Crippen molar-refractivity contribution in [3.05, 3.63) is 33.3 Å². The lowest BCUT2D eigenvalue weighted by atomic mass is 10.1. The van der Waals surface area contributed by atoms with E-state index in [2.05, 4.69) is 21.2 Å². The van der Waals surface area contributed by atoms with Crippen molar-refractivity contribution in [2.24, 2.45) is 0 Å². The van der Waals surface area contributed by atoms with Gasteiger partial charge in [-0.25, -0.2) is 4.79 Å². The molecular formula is C16H20BrClN2O3. The summed E-state index contributed by atoms with van der Waals surface area (Å²) in [5, 5.41) is 3.48. The minimum absolute atomic E-state index is 0.0269. The number of hydrogen-bond donors (Lipinski definition) is 1. The highest BCUT2D eigenvalue weighted by Gasteiger charge is 2.34. The molecule has 1 heterocycles. The second-order valence-corrected chi connectivity index (χ2v) is 7.84. The van der Waals surface area contributed by atoms with Crippen LogP contribution in [-0.2, 0) is 16.0 Å². The predicted molar refractivity (Wildman–Crippen MR) is 92.6 cm³/mol. The molecule has 0 unspecified atom stereocenters. The average molecular weight is 404 g/mol. The molecule has 0 saturated carbocycles. The van der Waals surface area contributed by atoms with E-state index in [4.69, 9.17) is 16.3 Å². The van der Waals surface area contributed by atoms with Crippen molar-refractivity contribution in [2.45, 2.75) is 38.8 Å². The van der Waals surface area contributed by atoms with Gasteiger partial charge in [0.05, 0.1) is 17.5 Å². The van der Waals surface area contributed by atoms with Crippen LogP contribution in [-0.4, -0.2) is 41.6 Å². The first-order valence-corrected chi connectivity index (χ1v) is 8.52. The average Bonchev–Trinajstić information content (AvgIpc) is 2.35. The van der Waals surface area contributed by atoms with E-state index in [-0.39, 0.29) is 24.5 Å². The summed E-state index contributed by atoms with van der Waals surface area (Å²) >= 11 is 9.33. The zero-order chi connectivity index (χ0) is 17.2. The van der Waals surface area contributed by atoms with Crippen LogP contribution in [0.4, 0.5) is 4.79 Å². The smallest absolute Gasteiger partial charge is 0.410 e. The van der Waals surface area contributed by atoms with Gasteiger partial charge in [0.2, 0.25) is 5.91 Å². The van der Waals surface area contributed by atoms with Crippen molar-refractivity contribution in [2.75, 3.05) is 13.1 Å². The fraction of sp³-hybridized carbons (Fsp3) is 0.500. The van der Waals surface area contributed by atoms with Gasteiger partial charge in [0, 0.05) is 17.6 Å². The van der Waals surface area contributed by atoms with Crippen LogP contribution >= 0.6 is 27.5 Å². The van der Waals surface area contributed by atoms with Gasteiger partial charge in [-0.3, -0.25) is 4.79 Å². The molecule has 2 rings (SSSR count). The third kappa shape index (κ3) is 5.39. The highest BCUT2D eigenvalue weighted by atomic mass is 79.9. The molecule has 0 aliphatic carbocycles. The molecule has 1 aliphatic heterocycles. The number of halogens is 2. The van der Waals surface area contributed by atoms with Gasteiger partial charge in [0.15, 0.2) is 0 Å². The monoisotopic (exact) mass is 402 g/mol. The van der Waals surface area contributed by atoms with Crippen molar-refractivity contribution in [3.63, 3.8) is 0 Å². The summed E-state index contributed by atoms with van der Waals surface area (Å²) in [5.74, 6) is -0.0859. The maximum absolute atomic E-state index is 12.0. The summed E-state index contributed by atoms with van der Waals surface area (Å²) in [4.78, 5) is 25.4. The Hall–Kier alpha value is -1.27. The number of rotatable bonds is 3. The Morgan fingerprint density at radius 3 is 2.61 bits per heavy atom. The standard InChI is InChI=1S/C16H20BrClN2O3/c1-16(2,3)23-15(22)20-8-11(9-20)19-14(21)7-10-4-5-12(17)13(18)6-10/h4-6,11H,7-9H2,1-3H3,(H,19,21). The lowest BCUT2D eigenvalue weighted by Gasteiger charge is -2.40. The molecule has 2 amide bonds. The highest BCUT2D eigenvalue weighted by Crippen LogP contribution is 2.23. The van der Waals surface area contributed by atoms with Crippen LogP contribution in [0, 0.1) is 0 Å². The Morgan fingerprint density at radius 2 is 2.04 bits per heavy atom. The number of carbonyl (C=O) groups is 2. The molecule has 126 valence electrons. The van der Waals surface area contributed by atoms with Crippen LogP contribution in [0.15, 0.2) is 22.7 Å². The Balaban J connectivity index is 1.76. The van der Waals surface area contributed by atoms with Crippen LogP contribution in [0.1, 0.15) is 26.3 Å². The molecule has 7 heteroatoms. The van der Waals surface area contributed by atoms with Crippen LogP contribution in [0.2, 0.25) is 5.02 Å². The molecule has 0 bridgehead atoms. The van der Waals surface area contributed by atoms with E-state index in [1.54, 1.807) is 11.0 Å². The number of likely N-dealkylation sites (tertiary alicyclic amines) is 1. The first kappa shape index (κ1) is 18.1. The van der Waals surface area contributed by atoms with Crippen LogP contribution in [0.5, 0.6) is 0 Å². The maximum Gasteiger partial charge on any atom is 0.410 e. The normalized spacial score (nSPS) is 15.1. The Labute approximate surface area is 149 Å². The molecule has 5 nitrogen and oxygen atoms in total. The third-order valence-electron chi connectivity index (χ3n) is 3.25. The van der Waals surface area contributed by atoms with Crippen LogP contribution < -0.4 is 5.32 Å². The van der Waals surface area contributed by atoms with E-state index >= 15 is 0 Å². The van der Waals surface area contributed by atoms with E-state index in [0.717, 1.165) is 10.0 Å². The summed E-state index contributed by atoms with van der Waals surface area (Å²) < 4.78 is 6.07. The van der Waals surface area contributed by atoms with Crippen molar-refractivity contribution in [1.29, 1.82) is 0 Å². The van der Waals surface area contributed by atoms with Crippen LogP contribution in [0.3, 0.4) is 0 Å². The van der Waals surface area contributed by atoms with E-state index in [1.165, 1.54) is 0 Å². The molecule has 1 fully saturated rings.